The lowest BCUT2D eigenvalue weighted by atomic mass is 9.97. The number of hydrogen-bond donors (Lipinski definition) is 2. The Morgan fingerprint density at radius 1 is 0.638 bits per heavy atom. The number of rotatable bonds is 14. The molecule has 47 heavy (non-hydrogen) atoms. The first-order valence-corrected chi connectivity index (χ1v) is 15.2. The van der Waals surface area contributed by atoms with Crippen molar-refractivity contribution in [3.8, 4) is 0 Å². The van der Waals surface area contributed by atoms with E-state index in [1.807, 2.05) is 60.7 Å². The van der Waals surface area contributed by atoms with Crippen LogP contribution in [-0.4, -0.2) is 110 Å². The van der Waals surface area contributed by atoms with Crippen molar-refractivity contribution in [2.24, 2.45) is 0 Å². The second-order valence-corrected chi connectivity index (χ2v) is 11.1. The molecule has 0 bridgehead atoms. The van der Waals surface area contributed by atoms with Crippen LogP contribution in [0.2, 0.25) is 0 Å². The Morgan fingerprint density at radius 2 is 1.13 bits per heavy atom. The molecular weight excluding hydrogens is 620 g/mol. The minimum Gasteiger partial charge on any atom is -0.456 e. The van der Waals surface area contributed by atoms with Crippen LogP contribution >= 0.6 is 0 Å². The van der Waals surface area contributed by atoms with E-state index >= 15 is 0 Å². The highest BCUT2D eigenvalue weighted by Gasteiger charge is 2.53. The molecule has 2 aliphatic heterocycles. The molecule has 10 atom stereocenters. The van der Waals surface area contributed by atoms with E-state index in [-0.39, 0.29) is 19.8 Å². The number of carbonyl (C=O) groups excluding carboxylic acids is 3. The van der Waals surface area contributed by atoms with Crippen LogP contribution in [0.15, 0.2) is 60.7 Å². The summed E-state index contributed by atoms with van der Waals surface area (Å²) in [4.78, 5) is 36.2. The van der Waals surface area contributed by atoms with Gasteiger partial charge in [-0.15, -0.1) is 0 Å². The molecule has 2 heterocycles. The number of methoxy groups -OCH3 is 1. The monoisotopic (exact) mass is 662 g/mol. The third-order valence-corrected chi connectivity index (χ3v) is 7.52. The van der Waals surface area contributed by atoms with Crippen LogP contribution in [0.5, 0.6) is 0 Å². The van der Waals surface area contributed by atoms with Gasteiger partial charge in [0.15, 0.2) is 30.9 Å². The molecule has 2 fully saturated rings. The van der Waals surface area contributed by atoms with Crippen molar-refractivity contribution in [1.29, 1.82) is 0 Å². The zero-order valence-electron chi connectivity index (χ0n) is 26.7. The molecule has 14 nitrogen and oxygen atoms in total. The summed E-state index contributed by atoms with van der Waals surface area (Å²) in [7, 11) is 1.30. The predicted molar refractivity (Wildman–Crippen MR) is 160 cm³/mol. The van der Waals surface area contributed by atoms with E-state index < -0.39 is 85.9 Å². The minimum absolute atomic E-state index is 0.108. The number of carbonyl (C=O) groups is 3. The van der Waals surface area contributed by atoms with Gasteiger partial charge >= 0.3 is 17.9 Å². The average Bonchev–Trinajstić information content (AvgIpc) is 3.05. The predicted octanol–water partition coefficient (Wildman–Crippen LogP) is 1.42. The van der Waals surface area contributed by atoms with Crippen molar-refractivity contribution in [1.82, 2.24) is 0 Å². The fourth-order valence-corrected chi connectivity index (χ4v) is 5.44. The Balaban J connectivity index is 1.61. The van der Waals surface area contributed by atoms with Gasteiger partial charge in [0, 0.05) is 27.9 Å². The van der Waals surface area contributed by atoms with E-state index in [1.54, 1.807) is 0 Å². The zero-order chi connectivity index (χ0) is 33.9. The van der Waals surface area contributed by atoms with E-state index in [0.29, 0.717) is 0 Å². The molecule has 2 N–H and O–H groups in total. The summed E-state index contributed by atoms with van der Waals surface area (Å²) in [5, 5.41) is 21.3. The second kappa shape index (κ2) is 17.6. The molecule has 0 aliphatic carbocycles. The lowest BCUT2D eigenvalue weighted by molar-refractivity contribution is -0.339. The summed E-state index contributed by atoms with van der Waals surface area (Å²) in [5.74, 6) is -2.17. The van der Waals surface area contributed by atoms with Crippen molar-refractivity contribution in [2.75, 3.05) is 20.3 Å². The Morgan fingerprint density at radius 3 is 1.64 bits per heavy atom. The molecule has 14 heteroatoms. The highest BCUT2D eigenvalue weighted by molar-refractivity contribution is 5.68. The van der Waals surface area contributed by atoms with Crippen LogP contribution in [0.1, 0.15) is 31.9 Å². The topological polar surface area (TPSA) is 175 Å². The van der Waals surface area contributed by atoms with E-state index in [2.05, 4.69) is 0 Å². The maximum atomic E-state index is 12.2. The maximum absolute atomic E-state index is 12.2. The van der Waals surface area contributed by atoms with Crippen molar-refractivity contribution >= 4 is 17.9 Å². The summed E-state index contributed by atoms with van der Waals surface area (Å²) >= 11 is 0. The number of benzene rings is 2. The molecule has 0 radical (unpaired) electrons. The van der Waals surface area contributed by atoms with Crippen LogP contribution in [0.4, 0.5) is 0 Å². The van der Waals surface area contributed by atoms with Gasteiger partial charge < -0.3 is 52.8 Å². The van der Waals surface area contributed by atoms with Crippen LogP contribution in [0.25, 0.3) is 0 Å². The lowest BCUT2D eigenvalue weighted by Gasteiger charge is -2.46. The summed E-state index contributed by atoms with van der Waals surface area (Å²) in [6, 6.07) is 18.6. The van der Waals surface area contributed by atoms with Crippen LogP contribution in [0.3, 0.4) is 0 Å². The SMILES string of the molecule is CO[C@H]1OC(CO[C@@H]2OC(CO)[C@@H](O)C(OCc3ccccc3)C2OCc2ccccc2)[C@@H](OC(C)=O)C(OC(C)=O)C1OC(C)=O. The van der Waals surface area contributed by atoms with Crippen LogP contribution < -0.4 is 0 Å². The number of aliphatic hydroxyl groups excluding tert-OH is 2. The molecule has 2 aliphatic rings. The first-order valence-electron chi connectivity index (χ1n) is 15.2. The van der Waals surface area contributed by atoms with Gasteiger partial charge in [-0.25, -0.2) is 0 Å². The Labute approximate surface area is 272 Å². The van der Waals surface area contributed by atoms with E-state index in [0.717, 1.165) is 31.9 Å². The fourth-order valence-electron chi connectivity index (χ4n) is 5.44. The average molecular weight is 663 g/mol. The Bertz CT molecular complexity index is 1280. The number of esters is 3. The van der Waals surface area contributed by atoms with Gasteiger partial charge in [-0.3, -0.25) is 14.4 Å². The first kappa shape index (κ1) is 36.4. The lowest BCUT2D eigenvalue weighted by Crippen LogP contribution is -2.64. The van der Waals surface area contributed by atoms with Crippen LogP contribution in [-0.2, 0) is 70.2 Å². The molecule has 2 aromatic carbocycles. The molecule has 4 rings (SSSR count). The second-order valence-electron chi connectivity index (χ2n) is 11.1. The van der Waals surface area contributed by atoms with Crippen molar-refractivity contribution in [3.63, 3.8) is 0 Å². The van der Waals surface area contributed by atoms with Gasteiger partial charge in [0.25, 0.3) is 0 Å². The number of aliphatic hydroxyl groups is 2. The molecule has 0 amide bonds. The van der Waals surface area contributed by atoms with E-state index in [9.17, 15) is 24.6 Å². The fraction of sp³-hybridized carbons (Fsp3) is 0.545. The van der Waals surface area contributed by atoms with Gasteiger partial charge in [-0.2, -0.15) is 0 Å². The van der Waals surface area contributed by atoms with Gasteiger partial charge in [0.1, 0.15) is 30.5 Å². The Hall–Kier alpha value is -3.47. The largest absolute Gasteiger partial charge is 0.456 e. The van der Waals surface area contributed by atoms with E-state index in [1.165, 1.54) is 7.11 Å². The molecule has 0 aromatic heterocycles. The van der Waals surface area contributed by atoms with E-state index in [4.69, 9.17) is 42.6 Å². The molecular formula is C33H42O14. The third-order valence-electron chi connectivity index (χ3n) is 7.52. The van der Waals surface area contributed by atoms with Gasteiger partial charge in [0.2, 0.25) is 0 Å². The van der Waals surface area contributed by atoms with Gasteiger partial charge in [-0.05, 0) is 11.1 Å². The van der Waals surface area contributed by atoms with Crippen LogP contribution in [0, 0.1) is 0 Å². The molecule has 2 saturated heterocycles. The summed E-state index contributed by atoms with van der Waals surface area (Å²) in [6.07, 6.45) is -12.0. The first-order chi connectivity index (χ1) is 22.6. The smallest absolute Gasteiger partial charge is 0.303 e. The third kappa shape index (κ3) is 10.0. The number of hydrogen-bond acceptors (Lipinski definition) is 14. The molecule has 258 valence electrons. The van der Waals surface area contributed by atoms with Crippen molar-refractivity contribution in [3.05, 3.63) is 71.8 Å². The Kier molecular flexibility index (Phi) is 13.6. The maximum Gasteiger partial charge on any atom is 0.303 e. The summed E-state index contributed by atoms with van der Waals surface area (Å²) < 4.78 is 52.4. The summed E-state index contributed by atoms with van der Waals surface area (Å²) in [6.45, 7) is 2.79. The minimum atomic E-state index is -1.32. The quantitative estimate of drug-likeness (QED) is 0.219. The molecule has 6 unspecified atom stereocenters. The van der Waals surface area contributed by atoms with Crippen molar-refractivity contribution in [2.45, 2.75) is 95.4 Å². The summed E-state index contributed by atoms with van der Waals surface area (Å²) in [5.41, 5.74) is 1.68. The number of ether oxygens (including phenoxy) is 9. The normalized spacial score (nSPS) is 30.7. The van der Waals surface area contributed by atoms with Gasteiger partial charge in [0.05, 0.1) is 26.4 Å². The van der Waals surface area contributed by atoms with Crippen molar-refractivity contribution < 1.29 is 67.2 Å². The highest BCUT2D eigenvalue weighted by atomic mass is 16.8. The molecule has 0 saturated carbocycles. The zero-order valence-corrected chi connectivity index (χ0v) is 26.7. The highest BCUT2D eigenvalue weighted by Crippen LogP contribution is 2.32. The molecule has 0 spiro atoms. The molecule has 2 aromatic rings. The van der Waals surface area contributed by atoms with Gasteiger partial charge in [-0.1, -0.05) is 60.7 Å². The standard InChI is InChI=1S/C33H42O14/c1-19(35)43-27-25(47-32(39-4)31(45-21(3)37)29(27)44-20(2)36)18-42-33-30(41-17-23-13-9-6-10-14-23)28(26(38)24(15-34)46-33)40-16-22-11-7-5-8-12-22/h5-14,24-34,38H,15-18H2,1-4H3/t24?,25?,26-,27-,28?,29?,30?,31?,32+,33-/m1/s1.